The van der Waals surface area contributed by atoms with E-state index in [-0.39, 0.29) is 0 Å². The van der Waals surface area contributed by atoms with E-state index >= 15 is 0 Å². The number of aryl methyl sites for hydroxylation is 1. The molecule has 0 aliphatic rings. The maximum absolute atomic E-state index is 11.3. The molecule has 19 heavy (non-hydrogen) atoms. The molecule has 0 bridgehead atoms. The van der Waals surface area contributed by atoms with E-state index in [1.807, 2.05) is 13.8 Å². The van der Waals surface area contributed by atoms with Gasteiger partial charge in [-0.05, 0) is 35.1 Å². The van der Waals surface area contributed by atoms with Gasteiger partial charge in [0, 0.05) is 6.42 Å². The first kappa shape index (κ1) is 15.6. The number of aromatic nitrogens is 4. The Morgan fingerprint density at radius 2 is 1.95 bits per heavy atom. The molecule has 0 amide bonds. The normalized spacial score (nSPS) is 13.2. The van der Waals surface area contributed by atoms with Crippen LogP contribution in [0.2, 0.25) is 0 Å². The van der Waals surface area contributed by atoms with Gasteiger partial charge in [-0.25, -0.2) is 4.68 Å². The van der Waals surface area contributed by atoms with Crippen LogP contribution >= 0.6 is 0 Å². The van der Waals surface area contributed by atoms with E-state index in [2.05, 4.69) is 29.4 Å². The Hall–Kier alpha value is -1.46. The van der Waals surface area contributed by atoms with Gasteiger partial charge >= 0.3 is 5.97 Å². The van der Waals surface area contributed by atoms with Gasteiger partial charge in [-0.15, -0.1) is 5.10 Å². The first-order chi connectivity index (χ1) is 8.90. The topological polar surface area (TPSA) is 80.9 Å². The number of nitrogens with zero attached hydrogens (tertiary/aromatic N) is 4. The number of rotatable bonds is 8. The average molecular weight is 268 g/mol. The highest BCUT2D eigenvalue weighted by Gasteiger charge is 2.21. The van der Waals surface area contributed by atoms with Crippen molar-refractivity contribution in [3.8, 4) is 0 Å². The number of carbonyl (C=O) groups is 1. The third-order valence-electron chi connectivity index (χ3n) is 3.05. The minimum atomic E-state index is -0.779. The predicted molar refractivity (Wildman–Crippen MR) is 71.6 cm³/mol. The van der Waals surface area contributed by atoms with Gasteiger partial charge in [0.05, 0.1) is 12.5 Å². The largest absolute Gasteiger partial charge is 0.481 e. The molecule has 6 heteroatoms. The van der Waals surface area contributed by atoms with Crippen LogP contribution in [0.5, 0.6) is 0 Å². The summed E-state index contributed by atoms with van der Waals surface area (Å²) in [6.45, 7) is 8.69. The second-order valence-corrected chi connectivity index (χ2v) is 5.87. The minimum absolute atomic E-state index is 0.344. The van der Waals surface area contributed by atoms with Crippen molar-refractivity contribution in [2.45, 2.75) is 53.5 Å². The quantitative estimate of drug-likeness (QED) is 0.780. The zero-order valence-corrected chi connectivity index (χ0v) is 12.2. The Balaban J connectivity index is 2.68. The lowest BCUT2D eigenvalue weighted by molar-refractivity contribution is -0.142. The molecule has 1 aromatic rings. The second kappa shape index (κ2) is 7.21. The number of tetrazole rings is 1. The molecule has 0 saturated heterocycles. The Kier molecular flexibility index (Phi) is 5.92. The van der Waals surface area contributed by atoms with E-state index in [4.69, 9.17) is 0 Å². The third kappa shape index (κ3) is 5.36. The highest BCUT2D eigenvalue weighted by Crippen LogP contribution is 2.15. The van der Waals surface area contributed by atoms with E-state index in [0.717, 1.165) is 18.7 Å². The van der Waals surface area contributed by atoms with Crippen LogP contribution in [0.4, 0.5) is 0 Å². The summed E-state index contributed by atoms with van der Waals surface area (Å²) >= 11 is 0. The van der Waals surface area contributed by atoms with Crippen LogP contribution in [0.1, 0.15) is 46.4 Å². The Morgan fingerprint density at radius 3 is 2.47 bits per heavy atom. The first-order valence-electron chi connectivity index (χ1n) is 6.88. The summed E-state index contributed by atoms with van der Waals surface area (Å²) in [5.41, 5.74) is 0. The lowest BCUT2D eigenvalue weighted by atomic mass is 9.97. The SMILES string of the molecule is CC(C)CCc1nnnn1CC(CC(C)C)C(=O)O. The number of carboxylic acid groups (broad SMARTS) is 1. The first-order valence-corrected chi connectivity index (χ1v) is 6.88. The third-order valence-corrected chi connectivity index (χ3v) is 3.05. The van der Waals surface area contributed by atoms with Crippen molar-refractivity contribution in [3.63, 3.8) is 0 Å². The lowest BCUT2D eigenvalue weighted by Gasteiger charge is -2.15. The minimum Gasteiger partial charge on any atom is -0.481 e. The van der Waals surface area contributed by atoms with Crippen molar-refractivity contribution in [3.05, 3.63) is 5.82 Å². The van der Waals surface area contributed by atoms with Gasteiger partial charge in [0.15, 0.2) is 5.82 Å². The Labute approximate surface area is 114 Å². The summed E-state index contributed by atoms with van der Waals surface area (Å²) in [5, 5.41) is 20.8. The van der Waals surface area contributed by atoms with Gasteiger partial charge in [-0.1, -0.05) is 27.7 Å². The van der Waals surface area contributed by atoms with Crippen molar-refractivity contribution in [1.82, 2.24) is 20.2 Å². The van der Waals surface area contributed by atoms with Crippen molar-refractivity contribution in [2.75, 3.05) is 0 Å². The van der Waals surface area contributed by atoms with E-state index < -0.39 is 11.9 Å². The summed E-state index contributed by atoms with van der Waals surface area (Å²) in [4.78, 5) is 11.3. The molecule has 0 aliphatic heterocycles. The van der Waals surface area contributed by atoms with Crippen LogP contribution in [0.15, 0.2) is 0 Å². The number of hydrogen-bond donors (Lipinski definition) is 1. The van der Waals surface area contributed by atoms with Crippen LogP contribution in [0.25, 0.3) is 0 Å². The van der Waals surface area contributed by atoms with E-state index in [9.17, 15) is 9.90 Å². The molecule has 1 aromatic heterocycles. The molecule has 0 spiro atoms. The molecular weight excluding hydrogens is 244 g/mol. The summed E-state index contributed by atoms with van der Waals surface area (Å²) in [6, 6.07) is 0. The van der Waals surface area contributed by atoms with Crippen LogP contribution in [0.3, 0.4) is 0 Å². The molecule has 1 heterocycles. The molecule has 0 fully saturated rings. The molecule has 6 nitrogen and oxygen atoms in total. The van der Waals surface area contributed by atoms with Gasteiger partial charge in [0.2, 0.25) is 0 Å². The van der Waals surface area contributed by atoms with Gasteiger partial charge in [-0.3, -0.25) is 4.79 Å². The summed E-state index contributed by atoms with van der Waals surface area (Å²) in [7, 11) is 0. The number of carboxylic acids is 1. The predicted octanol–water partition coefficient (Wildman–Crippen LogP) is 2.01. The van der Waals surface area contributed by atoms with Gasteiger partial charge in [0.1, 0.15) is 0 Å². The monoisotopic (exact) mass is 268 g/mol. The fourth-order valence-electron chi connectivity index (χ4n) is 1.99. The highest BCUT2D eigenvalue weighted by molar-refractivity contribution is 5.69. The Bertz CT molecular complexity index is 401. The Morgan fingerprint density at radius 1 is 1.26 bits per heavy atom. The molecule has 1 atom stereocenters. The standard InChI is InChI=1S/C13H24N4O2/c1-9(2)5-6-12-14-15-16-17(12)8-11(13(18)19)7-10(3)4/h9-11H,5-8H2,1-4H3,(H,18,19). The van der Waals surface area contributed by atoms with Crippen molar-refractivity contribution >= 4 is 5.97 Å². The lowest BCUT2D eigenvalue weighted by Crippen LogP contribution is -2.23. The van der Waals surface area contributed by atoms with Crippen molar-refractivity contribution in [1.29, 1.82) is 0 Å². The van der Waals surface area contributed by atoms with Crippen molar-refractivity contribution < 1.29 is 9.90 Å². The van der Waals surface area contributed by atoms with Gasteiger partial charge in [0.25, 0.3) is 0 Å². The molecule has 1 N–H and O–H groups in total. The molecule has 108 valence electrons. The van der Waals surface area contributed by atoms with Crippen LogP contribution in [-0.4, -0.2) is 31.3 Å². The summed E-state index contributed by atoms with van der Waals surface area (Å²) in [5.74, 6) is 0.497. The molecule has 0 radical (unpaired) electrons. The van der Waals surface area contributed by atoms with Gasteiger partial charge < -0.3 is 5.11 Å². The molecule has 0 saturated carbocycles. The highest BCUT2D eigenvalue weighted by atomic mass is 16.4. The zero-order valence-electron chi connectivity index (χ0n) is 12.2. The summed E-state index contributed by atoms with van der Waals surface area (Å²) < 4.78 is 1.64. The van der Waals surface area contributed by atoms with Crippen molar-refractivity contribution in [2.24, 2.45) is 17.8 Å². The van der Waals surface area contributed by atoms with E-state index in [1.54, 1.807) is 4.68 Å². The zero-order chi connectivity index (χ0) is 14.4. The second-order valence-electron chi connectivity index (χ2n) is 5.87. The summed E-state index contributed by atoms with van der Waals surface area (Å²) in [6.07, 6.45) is 2.43. The molecule has 1 rings (SSSR count). The fourth-order valence-corrected chi connectivity index (χ4v) is 1.99. The molecule has 0 aromatic carbocycles. The van der Waals surface area contributed by atoms with Crippen LogP contribution in [-0.2, 0) is 17.8 Å². The van der Waals surface area contributed by atoms with Gasteiger partial charge in [-0.2, -0.15) is 0 Å². The van der Waals surface area contributed by atoms with Crippen LogP contribution in [0, 0.1) is 17.8 Å². The number of hydrogen-bond acceptors (Lipinski definition) is 4. The number of aliphatic carboxylic acids is 1. The smallest absolute Gasteiger partial charge is 0.308 e. The molecular formula is C13H24N4O2. The molecule has 0 aliphatic carbocycles. The van der Waals surface area contributed by atoms with Crippen LogP contribution < -0.4 is 0 Å². The maximum atomic E-state index is 11.3. The van der Waals surface area contributed by atoms with E-state index in [1.165, 1.54) is 0 Å². The van der Waals surface area contributed by atoms with E-state index in [0.29, 0.717) is 24.8 Å². The molecule has 1 unspecified atom stereocenters. The average Bonchev–Trinajstić information content (AvgIpc) is 2.72. The fraction of sp³-hybridized carbons (Fsp3) is 0.846. The maximum Gasteiger partial charge on any atom is 0.308 e.